The van der Waals surface area contributed by atoms with Crippen LogP contribution in [0.5, 0.6) is 0 Å². The molecule has 0 spiro atoms. The van der Waals surface area contributed by atoms with Gasteiger partial charge in [-0.2, -0.15) is 0 Å². The summed E-state index contributed by atoms with van der Waals surface area (Å²) in [6.45, 7) is 4.55. The first-order valence-electron chi connectivity index (χ1n) is 7.21. The normalized spacial score (nSPS) is 21.3. The van der Waals surface area contributed by atoms with Crippen molar-refractivity contribution in [2.45, 2.75) is 32.3 Å². The Balaban J connectivity index is 2.32. The Kier molecular flexibility index (Phi) is 4.12. The maximum absolute atomic E-state index is 11.4. The zero-order valence-corrected chi connectivity index (χ0v) is 15.5. The molecular formula is C16H17Br2NO3. The highest BCUT2D eigenvalue weighted by molar-refractivity contribution is 9.11. The van der Waals surface area contributed by atoms with Gasteiger partial charge in [-0.15, -0.1) is 0 Å². The molecule has 0 aliphatic carbocycles. The Bertz CT molecular complexity index is 753. The molecule has 6 heteroatoms. The van der Waals surface area contributed by atoms with E-state index in [0.717, 1.165) is 37.5 Å². The summed E-state index contributed by atoms with van der Waals surface area (Å²) >= 11 is 7.19. The Hall–Kier alpha value is -0.850. The quantitative estimate of drug-likeness (QED) is 0.748. The molecule has 1 atom stereocenters. The van der Waals surface area contributed by atoms with Crippen molar-refractivity contribution in [3.8, 4) is 0 Å². The number of aromatic amines is 1. The average Bonchev–Trinajstić information content (AvgIpc) is 2.84. The zero-order chi connectivity index (χ0) is 16.1. The second kappa shape index (κ2) is 5.65. The number of fused-ring (bicyclic) bond motifs is 3. The first-order chi connectivity index (χ1) is 10.4. The number of benzene rings is 1. The van der Waals surface area contributed by atoms with Crippen LogP contribution in [-0.2, 0) is 21.6 Å². The summed E-state index contributed by atoms with van der Waals surface area (Å²) < 4.78 is 8.01. The number of carboxylic acids is 1. The molecule has 1 aromatic heterocycles. The van der Waals surface area contributed by atoms with E-state index < -0.39 is 11.6 Å². The lowest BCUT2D eigenvalue weighted by atomic mass is 9.80. The molecule has 0 radical (unpaired) electrons. The third-order valence-corrected chi connectivity index (χ3v) is 5.76. The predicted molar refractivity (Wildman–Crippen MR) is 92.1 cm³/mol. The van der Waals surface area contributed by atoms with Gasteiger partial charge in [0.25, 0.3) is 0 Å². The van der Waals surface area contributed by atoms with Gasteiger partial charge in [0.1, 0.15) is 5.60 Å². The number of halogens is 2. The number of aliphatic carboxylic acids is 1. The molecule has 3 rings (SSSR count). The molecule has 2 aromatic rings. The summed E-state index contributed by atoms with van der Waals surface area (Å²) in [4.78, 5) is 14.9. The van der Waals surface area contributed by atoms with Crippen LogP contribution in [0, 0.1) is 5.92 Å². The van der Waals surface area contributed by atoms with Gasteiger partial charge in [0.2, 0.25) is 0 Å². The second-order valence-corrected chi connectivity index (χ2v) is 7.68. The molecule has 1 unspecified atom stereocenters. The van der Waals surface area contributed by atoms with E-state index in [4.69, 9.17) is 4.74 Å². The molecular weight excluding hydrogens is 414 g/mol. The first-order valence-corrected chi connectivity index (χ1v) is 8.80. The van der Waals surface area contributed by atoms with Crippen LogP contribution < -0.4 is 0 Å². The summed E-state index contributed by atoms with van der Waals surface area (Å²) in [5.74, 6) is -0.799. The number of carboxylic acid groups (broad SMARTS) is 1. The van der Waals surface area contributed by atoms with Crippen molar-refractivity contribution in [3.63, 3.8) is 0 Å². The maximum Gasteiger partial charge on any atom is 0.306 e. The van der Waals surface area contributed by atoms with Crippen LogP contribution in [0.2, 0.25) is 0 Å². The van der Waals surface area contributed by atoms with Crippen molar-refractivity contribution >= 4 is 48.7 Å². The summed E-state index contributed by atoms with van der Waals surface area (Å²) in [5, 5.41) is 10.5. The van der Waals surface area contributed by atoms with Crippen LogP contribution in [-0.4, -0.2) is 22.7 Å². The lowest BCUT2D eigenvalue weighted by Gasteiger charge is -2.39. The van der Waals surface area contributed by atoms with E-state index in [1.807, 2.05) is 26.0 Å². The molecule has 0 saturated heterocycles. The van der Waals surface area contributed by atoms with Gasteiger partial charge in [0.05, 0.1) is 24.2 Å². The van der Waals surface area contributed by atoms with Gasteiger partial charge in [-0.25, -0.2) is 0 Å². The predicted octanol–water partition coefficient (Wildman–Crippen LogP) is 4.59. The summed E-state index contributed by atoms with van der Waals surface area (Å²) in [7, 11) is 0. The van der Waals surface area contributed by atoms with E-state index in [-0.39, 0.29) is 12.3 Å². The second-order valence-electron chi connectivity index (χ2n) is 5.97. The fourth-order valence-electron chi connectivity index (χ4n) is 3.34. The molecule has 1 aromatic carbocycles. The van der Waals surface area contributed by atoms with Crippen LogP contribution in [0.1, 0.15) is 31.5 Å². The monoisotopic (exact) mass is 429 g/mol. The average molecular weight is 431 g/mol. The third kappa shape index (κ3) is 2.32. The highest BCUT2D eigenvalue weighted by atomic mass is 79.9. The Morgan fingerprint density at radius 3 is 2.73 bits per heavy atom. The third-order valence-electron chi connectivity index (χ3n) is 4.44. The zero-order valence-electron chi connectivity index (χ0n) is 12.4. The van der Waals surface area contributed by atoms with Crippen LogP contribution in [0.25, 0.3) is 10.9 Å². The minimum Gasteiger partial charge on any atom is -0.481 e. The van der Waals surface area contributed by atoms with Crippen LogP contribution in [0.4, 0.5) is 0 Å². The minimum atomic E-state index is -0.849. The topological polar surface area (TPSA) is 62.3 Å². The van der Waals surface area contributed by atoms with Gasteiger partial charge in [0.15, 0.2) is 0 Å². The number of rotatable bonds is 3. The van der Waals surface area contributed by atoms with E-state index in [0.29, 0.717) is 6.61 Å². The lowest BCUT2D eigenvalue weighted by molar-refractivity contribution is -0.154. The number of aromatic nitrogens is 1. The Labute approximate surface area is 145 Å². The van der Waals surface area contributed by atoms with Crippen molar-refractivity contribution in [1.29, 1.82) is 0 Å². The van der Waals surface area contributed by atoms with Crippen molar-refractivity contribution in [3.05, 3.63) is 32.3 Å². The van der Waals surface area contributed by atoms with Crippen LogP contribution >= 0.6 is 31.9 Å². The van der Waals surface area contributed by atoms with E-state index >= 15 is 0 Å². The molecule has 2 heterocycles. The molecule has 1 aliphatic rings. The van der Waals surface area contributed by atoms with Crippen molar-refractivity contribution in [2.75, 3.05) is 6.61 Å². The first kappa shape index (κ1) is 16.0. The maximum atomic E-state index is 11.4. The van der Waals surface area contributed by atoms with Crippen molar-refractivity contribution in [1.82, 2.24) is 4.98 Å². The number of hydrogen-bond donors (Lipinski definition) is 2. The fraction of sp³-hybridized carbons (Fsp3) is 0.438. The van der Waals surface area contributed by atoms with Gasteiger partial charge in [0, 0.05) is 14.3 Å². The van der Waals surface area contributed by atoms with Gasteiger partial charge < -0.3 is 14.8 Å². The Morgan fingerprint density at radius 2 is 2.09 bits per heavy atom. The fourth-order valence-corrected chi connectivity index (χ4v) is 4.34. The van der Waals surface area contributed by atoms with Crippen LogP contribution in [0.15, 0.2) is 21.1 Å². The summed E-state index contributed by atoms with van der Waals surface area (Å²) in [5.41, 5.74) is 2.24. The van der Waals surface area contributed by atoms with Gasteiger partial charge >= 0.3 is 5.97 Å². The molecule has 1 aliphatic heterocycles. The SMILES string of the molecule is CC(C)C1(CC(=O)O)OCCc2c1[nH]c1c(Br)ccc(Br)c21. The molecule has 0 fully saturated rings. The number of H-pyrrole nitrogens is 1. The van der Waals surface area contributed by atoms with Crippen molar-refractivity contribution in [2.24, 2.45) is 5.92 Å². The Morgan fingerprint density at radius 1 is 1.41 bits per heavy atom. The van der Waals surface area contributed by atoms with E-state index in [2.05, 4.69) is 36.8 Å². The molecule has 22 heavy (non-hydrogen) atoms. The largest absolute Gasteiger partial charge is 0.481 e. The molecule has 0 amide bonds. The minimum absolute atomic E-state index is 0.0419. The lowest BCUT2D eigenvalue weighted by Crippen LogP contribution is -2.42. The molecule has 0 saturated carbocycles. The highest BCUT2D eigenvalue weighted by Gasteiger charge is 2.45. The molecule has 118 valence electrons. The smallest absolute Gasteiger partial charge is 0.306 e. The van der Waals surface area contributed by atoms with Crippen molar-refractivity contribution < 1.29 is 14.6 Å². The standard InChI is InChI=1S/C16H17Br2NO3/c1-8(2)16(7-12(20)21)15-9(5-6-22-16)13-10(17)3-4-11(18)14(13)19-15/h3-4,8,19H,5-7H2,1-2H3,(H,20,21). The van der Waals surface area contributed by atoms with Gasteiger partial charge in [-0.05, 0) is 46.0 Å². The molecule has 2 N–H and O–H groups in total. The van der Waals surface area contributed by atoms with E-state index in [1.54, 1.807) is 0 Å². The number of nitrogens with one attached hydrogen (secondary N) is 1. The number of ether oxygens (including phenoxy) is 1. The number of carbonyl (C=O) groups is 1. The summed E-state index contributed by atoms with van der Waals surface area (Å²) in [6, 6.07) is 3.98. The van der Waals surface area contributed by atoms with Gasteiger partial charge in [-0.1, -0.05) is 29.8 Å². The number of hydrogen-bond acceptors (Lipinski definition) is 2. The summed E-state index contributed by atoms with van der Waals surface area (Å²) in [6.07, 6.45) is 0.734. The van der Waals surface area contributed by atoms with E-state index in [9.17, 15) is 9.90 Å². The van der Waals surface area contributed by atoms with Crippen LogP contribution in [0.3, 0.4) is 0 Å². The highest BCUT2D eigenvalue weighted by Crippen LogP contribution is 2.46. The van der Waals surface area contributed by atoms with E-state index in [1.165, 1.54) is 0 Å². The molecule has 0 bridgehead atoms. The molecule has 4 nitrogen and oxygen atoms in total. The van der Waals surface area contributed by atoms with Gasteiger partial charge in [-0.3, -0.25) is 4.79 Å².